The SMILES string of the molecule is CC(Sc1ccc(Cl)cc1)C(=O)Nc1ccc(F)cc1N. The molecule has 3 N–H and O–H groups in total. The van der Waals surface area contributed by atoms with E-state index in [0.717, 1.165) is 4.90 Å². The molecular formula is C15H14ClFN2OS. The molecule has 0 aliphatic heterocycles. The van der Waals surface area contributed by atoms with Crippen LogP contribution in [0.1, 0.15) is 6.92 Å². The van der Waals surface area contributed by atoms with Gasteiger partial charge >= 0.3 is 0 Å². The fourth-order valence-electron chi connectivity index (χ4n) is 1.65. The highest BCUT2D eigenvalue weighted by atomic mass is 35.5. The molecule has 1 atom stereocenters. The van der Waals surface area contributed by atoms with Crippen LogP contribution in [0.3, 0.4) is 0 Å². The monoisotopic (exact) mass is 324 g/mol. The van der Waals surface area contributed by atoms with Crippen LogP contribution in [0.15, 0.2) is 47.4 Å². The number of nitrogens with two attached hydrogens (primary N) is 1. The average molecular weight is 325 g/mol. The van der Waals surface area contributed by atoms with Gasteiger partial charge in [0.25, 0.3) is 0 Å². The maximum Gasteiger partial charge on any atom is 0.237 e. The van der Waals surface area contributed by atoms with Crippen molar-refractivity contribution in [1.82, 2.24) is 0 Å². The normalized spacial score (nSPS) is 12.0. The van der Waals surface area contributed by atoms with Crippen molar-refractivity contribution in [3.8, 4) is 0 Å². The van der Waals surface area contributed by atoms with E-state index in [4.69, 9.17) is 17.3 Å². The van der Waals surface area contributed by atoms with E-state index in [1.165, 1.54) is 30.0 Å². The van der Waals surface area contributed by atoms with Crippen molar-refractivity contribution in [2.45, 2.75) is 17.1 Å². The fraction of sp³-hybridized carbons (Fsp3) is 0.133. The summed E-state index contributed by atoms with van der Waals surface area (Å²) in [7, 11) is 0. The molecule has 0 aliphatic rings. The van der Waals surface area contributed by atoms with Gasteiger partial charge in [0.1, 0.15) is 5.82 Å². The summed E-state index contributed by atoms with van der Waals surface area (Å²) in [5.74, 6) is -0.637. The van der Waals surface area contributed by atoms with Crippen LogP contribution in [-0.4, -0.2) is 11.2 Å². The zero-order valence-electron chi connectivity index (χ0n) is 11.3. The first-order valence-electron chi connectivity index (χ1n) is 6.24. The second-order valence-corrected chi connectivity index (χ2v) is 6.29. The molecule has 2 aromatic carbocycles. The van der Waals surface area contributed by atoms with Gasteiger partial charge in [-0.25, -0.2) is 4.39 Å². The third kappa shape index (κ3) is 4.37. The van der Waals surface area contributed by atoms with Crippen molar-refractivity contribution < 1.29 is 9.18 Å². The molecule has 110 valence electrons. The number of nitrogen functional groups attached to an aromatic ring is 1. The molecule has 0 bridgehead atoms. The third-order valence-corrected chi connectivity index (χ3v) is 4.13. The van der Waals surface area contributed by atoms with Gasteiger partial charge in [-0.1, -0.05) is 11.6 Å². The molecule has 0 aromatic heterocycles. The van der Waals surface area contributed by atoms with E-state index in [9.17, 15) is 9.18 Å². The second kappa shape index (κ2) is 6.83. The number of thioether (sulfide) groups is 1. The summed E-state index contributed by atoms with van der Waals surface area (Å²) in [6, 6.07) is 11.1. The smallest absolute Gasteiger partial charge is 0.237 e. The molecule has 2 rings (SSSR count). The van der Waals surface area contributed by atoms with Crippen molar-refractivity contribution in [2.24, 2.45) is 0 Å². The van der Waals surface area contributed by atoms with E-state index in [1.807, 2.05) is 12.1 Å². The van der Waals surface area contributed by atoms with Gasteiger partial charge < -0.3 is 11.1 Å². The highest BCUT2D eigenvalue weighted by molar-refractivity contribution is 8.00. The molecule has 1 amide bonds. The summed E-state index contributed by atoms with van der Waals surface area (Å²) >= 11 is 7.22. The number of hydrogen-bond acceptors (Lipinski definition) is 3. The molecule has 0 fully saturated rings. The van der Waals surface area contributed by atoms with Crippen LogP contribution in [0.2, 0.25) is 5.02 Å². The minimum Gasteiger partial charge on any atom is -0.397 e. The predicted molar refractivity (Wildman–Crippen MR) is 86.2 cm³/mol. The topological polar surface area (TPSA) is 55.1 Å². The van der Waals surface area contributed by atoms with Crippen molar-refractivity contribution in [3.05, 3.63) is 53.3 Å². The van der Waals surface area contributed by atoms with E-state index < -0.39 is 5.82 Å². The van der Waals surface area contributed by atoms with E-state index in [-0.39, 0.29) is 16.8 Å². The van der Waals surface area contributed by atoms with Gasteiger partial charge in [-0.05, 0) is 49.4 Å². The van der Waals surface area contributed by atoms with E-state index >= 15 is 0 Å². The maximum atomic E-state index is 13.0. The third-order valence-electron chi connectivity index (χ3n) is 2.77. The Morgan fingerprint density at radius 2 is 1.95 bits per heavy atom. The summed E-state index contributed by atoms with van der Waals surface area (Å²) in [5, 5.41) is 3.02. The van der Waals surface area contributed by atoms with Crippen molar-refractivity contribution in [1.29, 1.82) is 0 Å². The first-order chi connectivity index (χ1) is 9.95. The van der Waals surface area contributed by atoms with Gasteiger partial charge in [0, 0.05) is 9.92 Å². The zero-order valence-corrected chi connectivity index (χ0v) is 12.8. The first-order valence-corrected chi connectivity index (χ1v) is 7.49. The number of carbonyl (C=O) groups excluding carboxylic acids is 1. The molecule has 6 heteroatoms. The van der Waals surface area contributed by atoms with E-state index in [1.54, 1.807) is 19.1 Å². The molecule has 1 unspecified atom stereocenters. The quantitative estimate of drug-likeness (QED) is 0.655. The summed E-state index contributed by atoms with van der Waals surface area (Å²) < 4.78 is 13.0. The van der Waals surface area contributed by atoms with Crippen LogP contribution >= 0.6 is 23.4 Å². The van der Waals surface area contributed by atoms with Crippen LogP contribution in [0.4, 0.5) is 15.8 Å². The summed E-state index contributed by atoms with van der Waals surface area (Å²) in [5.41, 5.74) is 6.27. The van der Waals surface area contributed by atoms with Crippen LogP contribution in [0.5, 0.6) is 0 Å². The molecule has 0 heterocycles. The van der Waals surface area contributed by atoms with Crippen molar-refractivity contribution >= 4 is 40.6 Å². The van der Waals surface area contributed by atoms with E-state index in [2.05, 4.69) is 5.32 Å². The Kier molecular flexibility index (Phi) is 5.09. The standard InChI is InChI=1S/C15H14ClFN2OS/c1-9(21-12-5-2-10(16)3-6-12)15(20)19-14-7-4-11(17)8-13(14)18/h2-9H,18H2,1H3,(H,19,20). The van der Waals surface area contributed by atoms with Crippen LogP contribution < -0.4 is 11.1 Å². The lowest BCUT2D eigenvalue weighted by Crippen LogP contribution is -2.22. The molecule has 0 radical (unpaired) electrons. The second-order valence-electron chi connectivity index (χ2n) is 4.43. The van der Waals surface area contributed by atoms with E-state index in [0.29, 0.717) is 10.7 Å². The predicted octanol–water partition coefficient (Wildman–Crippen LogP) is 4.18. The van der Waals surface area contributed by atoms with Gasteiger partial charge in [0.2, 0.25) is 5.91 Å². The van der Waals surface area contributed by atoms with Gasteiger partial charge in [0.05, 0.1) is 16.6 Å². The number of anilines is 2. The number of hydrogen-bond donors (Lipinski definition) is 2. The number of carbonyl (C=O) groups is 1. The number of rotatable bonds is 4. The number of benzene rings is 2. The van der Waals surface area contributed by atoms with Gasteiger partial charge in [-0.3, -0.25) is 4.79 Å². The highest BCUT2D eigenvalue weighted by Gasteiger charge is 2.15. The largest absolute Gasteiger partial charge is 0.397 e. The average Bonchev–Trinajstić information content (AvgIpc) is 2.44. The Balaban J connectivity index is 2.00. The van der Waals surface area contributed by atoms with Gasteiger partial charge in [-0.2, -0.15) is 0 Å². The summed E-state index contributed by atoms with van der Waals surface area (Å²) in [6.45, 7) is 1.79. The Bertz CT molecular complexity index is 649. The molecule has 0 saturated carbocycles. The Morgan fingerprint density at radius 3 is 2.57 bits per heavy atom. The lowest BCUT2D eigenvalue weighted by atomic mass is 10.2. The molecule has 0 spiro atoms. The van der Waals surface area contributed by atoms with Crippen molar-refractivity contribution in [3.63, 3.8) is 0 Å². The summed E-state index contributed by atoms with van der Waals surface area (Å²) in [4.78, 5) is 13.1. The molecule has 0 saturated heterocycles. The molecule has 21 heavy (non-hydrogen) atoms. The number of amides is 1. The Labute approximate surface area is 131 Å². The molecule has 0 aliphatic carbocycles. The lowest BCUT2D eigenvalue weighted by molar-refractivity contribution is -0.115. The Morgan fingerprint density at radius 1 is 1.29 bits per heavy atom. The summed E-state index contributed by atoms with van der Waals surface area (Å²) in [6.07, 6.45) is 0. The van der Waals surface area contributed by atoms with Crippen LogP contribution in [0, 0.1) is 5.82 Å². The molecular weight excluding hydrogens is 311 g/mol. The molecule has 2 aromatic rings. The fourth-order valence-corrected chi connectivity index (χ4v) is 2.65. The number of nitrogens with one attached hydrogen (secondary N) is 1. The van der Waals surface area contributed by atoms with Crippen molar-refractivity contribution in [2.75, 3.05) is 11.1 Å². The Hall–Kier alpha value is -1.72. The van der Waals surface area contributed by atoms with Crippen LogP contribution in [0.25, 0.3) is 0 Å². The highest BCUT2D eigenvalue weighted by Crippen LogP contribution is 2.26. The lowest BCUT2D eigenvalue weighted by Gasteiger charge is -2.13. The van der Waals surface area contributed by atoms with Crippen LogP contribution in [-0.2, 0) is 4.79 Å². The first kappa shape index (κ1) is 15.7. The maximum absolute atomic E-state index is 13.0. The van der Waals surface area contributed by atoms with Gasteiger partial charge in [0.15, 0.2) is 0 Å². The number of halogens is 2. The van der Waals surface area contributed by atoms with Gasteiger partial charge in [-0.15, -0.1) is 11.8 Å². The minimum atomic E-state index is -0.436. The molecule has 3 nitrogen and oxygen atoms in total. The zero-order chi connectivity index (χ0) is 15.4. The minimum absolute atomic E-state index is 0.201.